The molecule has 1 aromatic carbocycles. The minimum absolute atomic E-state index is 0.0760. The normalized spacial score (nSPS) is 15.3. The molecule has 2 amide bonds. The third kappa shape index (κ3) is 5.04. The summed E-state index contributed by atoms with van der Waals surface area (Å²) in [5.41, 5.74) is 0.978. The van der Waals surface area contributed by atoms with Gasteiger partial charge in [-0.1, -0.05) is 24.6 Å². The number of para-hydroxylation sites is 1. The van der Waals surface area contributed by atoms with Crippen molar-refractivity contribution >= 4 is 23.5 Å². The molecule has 0 spiro atoms. The van der Waals surface area contributed by atoms with Crippen LogP contribution in [0.25, 0.3) is 5.69 Å². The number of nitrogens with zero attached hydrogens (tertiary/aromatic N) is 3. The largest absolute Gasteiger partial charge is 0.451 e. The number of hydrogen-bond acceptors (Lipinski definition) is 5. The van der Waals surface area contributed by atoms with Gasteiger partial charge in [0.2, 0.25) is 5.91 Å². The van der Waals surface area contributed by atoms with Crippen LogP contribution < -0.4 is 10.9 Å². The molecule has 1 aliphatic heterocycles. The lowest BCUT2D eigenvalue weighted by molar-refractivity contribution is -0.156. The lowest BCUT2D eigenvalue weighted by Gasteiger charge is -2.20. The van der Waals surface area contributed by atoms with Gasteiger partial charge in [0.05, 0.1) is 11.4 Å². The summed E-state index contributed by atoms with van der Waals surface area (Å²) in [6.45, 7) is 3.49. The molecule has 0 radical (unpaired) electrons. The molecule has 0 aliphatic carbocycles. The Labute approximate surface area is 180 Å². The van der Waals surface area contributed by atoms with Crippen molar-refractivity contribution in [1.82, 2.24) is 14.3 Å². The van der Waals surface area contributed by atoms with Gasteiger partial charge in [0.15, 0.2) is 6.10 Å². The second kappa shape index (κ2) is 9.63. The highest BCUT2D eigenvalue weighted by atomic mass is 16.5. The average Bonchev–Trinajstić information content (AvgIpc) is 2.87. The molecule has 0 bridgehead atoms. The van der Waals surface area contributed by atoms with Crippen molar-refractivity contribution in [3.8, 4) is 5.69 Å². The third-order valence-electron chi connectivity index (χ3n) is 5.47. The summed E-state index contributed by atoms with van der Waals surface area (Å²) in [6.07, 6.45) is 1.92. The van der Waals surface area contributed by atoms with E-state index >= 15 is 0 Å². The summed E-state index contributed by atoms with van der Waals surface area (Å²) in [4.78, 5) is 51.2. The Morgan fingerprint density at radius 1 is 1.13 bits per heavy atom. The zero-order valence-electron chi connectivity index (χ0n) is 18.1. The van der Waals surface area contributed by atoms with Crippen LogP contribution in [0.5, 0.6) is 0 Å². The van der Waals surface area contributed by atoms with E-state index in [1.165, 1.54) is 16.5 Å². The summed E-state index contributed by atoms with van der Waals surface area (Å²) in [5.74, 6) is -1.33. The lowest BCUT2D eigenvalue weighted by Crippen LogP contribution is -2.39. The van der Waals surface area contributed by atoms with Gasteiger partial charge in [-0.25, -0.2) is 4.68 Å². The predicted molar refractivity (Wildman–Crippen MR) is 115 cm³/mol. The van der Waals surface area contributed by atoms with Gasteiger partial charge in [-0.3, -0.25) is 23.9 Å². The van der Waals surface area contributed by atoms with Gasteiger partial charge < -0.3 is 15.0 Å². The van der Waals surface area contributed by atoms with Crippen LogP contribution in [0.4, 0.5) is 5.69 Å². The van der Waals surface area contributed by atoms with Crippen molar-refractivity contribution in [2.75, 3.05) is 18.4 Å². The number of aromatic nitrogens is 2. The summed E-state index contributed by atoms with van der Waals surface area (Å²) >= 11 is 0. The zero-order valence-corrected chi connectivity index (χ0v) is 18.1. The second-order valence-corrected chi connectivity index (χ2v) is 7.68. The van der Waals surface area contributed by atoms with Crippen LogP contribution in [0.15, 0.2) is 35.1 Å². The monoisotopic (exact) mass is 428 g/mol. The first kappa shape index (κ1) is 22.3. The van der Waals surface area contributed by atoms with E-state index in [0.717, 1.165) is 19.3 Å². The number of nitrogens with one attached hydrogen (secondary N) is 1. The van der Waals surface area contributed by atoms with E-state index in [1.54, 1.807) is 30.8 Å². The molecule has 1 fully saturated rings. The molecule has 1 unspecified atom stereocenters. The molecule has 9 heteroatoms. The molecule has 31 heavy (non-hydrogen) atoms. The molecule has 2 aromatic rings. The van der Waals surface area contributed by atoms with Gasteiger partial charge in [0.25, 0.3) is 11.5 Å². The van der Waals surface area contributed by atoms with Crippen LogP contribution in [0.3, 0.4) is 0 Å². The Bertz CT molecular complexity index is 1020. The molecular formula is C22H28N4O5. The minimum Gasteiger partial charge on any atom is -0.451 e. The number of anilines is 1. The van der Waals surface area contributed by atoms with E-state index in [4.69, 9.17) is 4.74 Å². The van der Waals surface area contributed by atoms with E-state index in [-0.39, 0.29) is 23.7 Å². The molecule has 1 atom stereocenters. The number of hydrogen-bond donors (Lipinski definition) is 1. The van der Waals surface area contributed by atoms with Crippen LogP contribution in [-0.2, 0) is 26.2 Å². The molecule has 1 saturated heterocycles. The third-order valence-corrected chi connectivity index (χ3v) is 5.47. The van der Waals surface area contributed by atoms with Gasteiger partial charge in [0.1, 0.15) is 12.2 Å². The van der Waals surface area contributed by atoms with E-state index in [9.17, 15) is 19.2 Å². The summed E-state index contributed by atoms with van der Waals surface area (Å²) in [5, 5.41) is 2.59. The Kier molecular flexibility index (Phi) is 6.94. The van der Waals surface area contributed by atoms with Crippen molar-refractivity contribution in [3.63, 3.8) is 0 Å². The standard InChI is InChI=1S/C22H28N4O5/c1-15-20(22(30)26(24(15)3)17-10-6-4-7-11-17)23-21(29)16(2)31-19(28)14-25-13-9-5-8-12-18(25)27/h4,6-7,10-11,16H,5,8-9,12-14H2,1-3H3,(H,23,29). The Morgan fingerprint density at radius 3 is 2.55 bits per heavy atom. The van der Waals surface area contributed by atoms with Gasteiger partial charge in [-0.2, -0.15) is 0 Å². The molecule has 3 rings (SSSR count). The fourth-order valence-electron chi connectivity index (χ4n) is 3.59. The second-order valence-electron chi connectivity index (χ2n) is 7.68. The number of esters is 1. The molecule has 1 N–H and O–H groups in total. The van der Waals surface area contributed by atoms with Gasteiger partial charge in [0, 0.05) is 20.0 Å². The smallest absolute Gasteiger partial charge is 0.326 e. The van der Waals surface area contributed by atoms with Crippen LogP contribution in [-0.4, -0.2) is 51.2 Å². The number of carbonyl (C=O) groups is 3. The van der Waals surface area contributed by atoms with Crippen LogP contribution in [0.2, 0.25) is 0 Å². The van der Waals surface area contributed by atoms with Crippen LogP contribution in [0.1, 0.15) is 38.3 Å². The van der Waals surface area contributed by atoms with Crippen molar-refractivity contribution in [2.45, 2.75) is 45.6 Å². The summed E-state index contributed by atoms with van der Waals surface area (Å²) < 4.78 is 8.32. The molecule has 2 heterocycles. The first-order valence-corrected chi connectivity index (χ1v) is 10.4. The SMILES string of the molecule is Cc1c(NC(=O)C(C)OC(=O)CN2CCCCCC2=O)c(=O)n(-c2ccccc2)n1C. The Morgan fingerprint density at radius 2 is 1.84 bits per heavy atom. The average molecular weight is 428 g/mol. The number of amides is 2. The first-order valence-electron chi connectivity index (χ1n) is 10.4. The lowest BCUT2D eigenvalue weighted by atomic mass is 10.2. The van der Waals surface area contributed by atoms with Crippen LogP contribution in [0, 0.1) is 6.92 Å². The Hall–Kier alpha value is -3.36. The van der Waals surface area contributed by atoms with Crippen molar-refractivity contribution in [3.05, 3.63) is 46.4 Å². The van der Waals surface area contributed by atoms with E-state index in [1.807, 2.05) is 18.2 Å². The molecule has 9 nitrogen and oxygen atoms in total. The maximum atomic E-state index is 12.9. The molecule has 166 valence electrons. The zero-order chi connectivity index (χ0) is 22.5. The van der Waals surface area contributed by atoms with Crippen molar-refractivity contribution < 1.29 is 19.1 Å². The quantitative estimate of drug-likeness (QED) is 0.707. The van der Waals surface area contributed by atoms with Gasteiger partial charge in [-0.05, 0) is 38.8 Å². The molecule has 1 aromatic heterocycles. The maximum Gasteiger partial charge on any atom is 0.326 e. The van der Waals surface area contributed by atoms with E-state index < -0.39 is 18.0 Å². The predicted octanol–water partition coefficient (Wildman–Crippen LogP) is 1.76. The number of benzene rings is 1. The first-order chi connectivity index (χ1) is 14.8. The number of rotatable bonds is 6. The van der Waals surface area contributed by atoms with Crippen molar-refractivity contribution in [2.24, 2.45) is 7.05 Å². The Balaban J connectivity index is 1.66. The fourth-order valence-corrected chi connectivity index (χ4v) is 3.59. The molecular weight excluding hydrogens is 400 g/mol. The van der Waals surface area contributed by atoms with Gasteiger partial charge >= 0.3 is 5.97 Å². The minimum atomic E-state index is -1.11. The highest BCUT2D eigenvalue weighted by Gasteiger charge is 2.25. The van der Waals surface area contributed by atoms with E-state index in [2.05, 4.69) is 5.32 Å². The van der Waals surface area contributed by atoms with Gasteiger partial charge in [-0.15, -0.1) is 0 Å². The maximum absolute atomic E-state index is 12.9. The fraction of sp³-hybridized carbons (Fsp3) is 0.455. The van der Waals surface area contributed by atoms with Crippen LogP contribution >= 0.6 is 0 Å². The highest BCUT2D eigenvalue weighted by molar-refractivity contribution is 5.95. The summed E-state index contributed by atoms with van der Waals surface area (Å²) in [7, 11) is 1.72. The highest BCUT2D eigenvalue weighted by Crippen LogP contribution is 2.15. The number of likely N-dealkylation sites (tertiary alicyclic amines) is 1. The summed E-state index contributed by atoms with van der Waals surface area (Å²) in [6, 6.07) is 9.07. The topological polar surface area (TPSA) is 103 Å². The number of ether oxygens (including phenoxy) is 1. The van der Waals surface area contributed by atoms with E-state index in [0.29, 0.717) is 24.3 Å². The molecule has 0 saturated carbocycles. The molecule has 1 aliphatic rings. The number of carbonyl (C=O) groups excluding carboxylic acids is 3. The van der Waals surface area contributed by atoms with Crippen molar-refractivity contribution in [1.29, 1.82) is 0 Å².